The molecule has 0 atom stereocenters. The van der Waals surface area contributed by atoms with Gasteiger partial charge in [-0.05, 0) is 44.5 Å². The van der Waals surface area contributed by atoms with E-state index >= 15 is 0 Å². The number of nitrogens with zero attached hydrogens (tertiary/aromatic N) is 1. The van der Waals surface area contributed by atoms with Gasteiger partial charge in [-0.2, -0.15) is 0 Å². The highest BCUT2D eigenvalue weighted by molar-refractivity contribution is 5.78. The molecule has 0 amide bonds. The Kier molecular flexibility index (Phi) is 3.01. The number of aromatic nitrogens is 1. The summed E-state index contributed by atoms with van der Waals surface area (Å²) in [7, 11) is 0. The standard InChI is InChI=1S/C18H19NO/c1-18(2,3)19-12-7-10-16(19)17-15(11-13-20-17)14-8-5-4-6-9-14/h4-13H,1-3H3. The molecule has 20 heavy (non-hydrogen) atoms. The Bertz CT molecular complexity index is 698. The molecule has 0 bridgehead atoms. The Morgan fingerprint density at radius 1 is 0.900 bits per heavy atom. The monoisotopic (exact) mass is 265 g/mol. The molecule has 2 heterocycles. The van der Waals surface area contributed by atoms with Gasteiger partial charge in [0.2, 0.25) is 0 Å². The Balaban J connectivity index is 2.14. The van der Waals surface area contributed by atoms with Crippen molar-refractivity contribution in [3.63, 3.8) is 0 Å². The second-order valence-electron chi connectivity index (χ2n) is 5.96. The second kappa shape index (κ2) is 4.71. The van der Waals surface area contributed by atoms with E-state index in [4.69, 9.17) is 4.42 Å². The van der Waals surface area contributed by atoms with E-state index in [0.29, 0.717) is 0 Å². The molecule has 0 saturated carbocycles. The Morgan fingerprint density at radius 2 is 1.65 bits per heavy atom. The van der Waals surface area contributed by atoms with Crippen molar-refractivity contribution in [1.82, 2.24) is 4.57 Å². The predicted octanol–water partition coefficient (Wildman–Crippen LogP) is 5.17. The average Bonchev–Trinajstić information content (AvgIpc) is 3.07. The molecule has 0 fully saturated rings. The highest BCUT2D eigenvalue weighted by atomic mass is 16.3. The second-order valence-corrected chi connectivity index (χ2v) is 5.96. The minimum Gasteiger partial charge on any atom is -0.462 e. The van der Waals surface area contributed by atoms with Crippen molar-refractivity contribution < 1.29 is 4.42 Å². The molecular formula is C18H19NO. The van der Waals surface area contributed by atoms with E-state index in [2.05, 4.69) is 67.9 Å². The van der Waals surface area contributed by atoms with Gasteiger partial charge in [-0.25, -0.2) is 0 Å². The van der Waals surface area contributed by atoms with E-state index in [1.165, 1.54) is 5.56 Å². The van der Waals surface area contributed by atoms with Gasteiger partial charge < -0.3 is 8.98 Å². The summed E-state index contributed by atoms with van der Waals surface area (Å²) in [6, 6.07) is 16.6. The number of hydrogen-bond donors (Lipinski definition) is 0. The quantitative estimate of drug-likeness (QED) is 0.625. The molecule has 0 radical (unpaired) electrons. The van der Waals surface area contributed by atoms with E-state index < -0.39 is 0 Å². The number of benzene rings is 1. The molecule has 0 aliphatic carbocycles. The maximum Gasteiger partial charge on any atom is 0.158 e. The zero-order valence-corrected chi connectivity index (χ0v) is 12.1. The summed E-state index contributed by atoms with van der Waals surface area (Å²) >= 11 is 0. The lowest BCUT2D eigenvalue weighted by Gasteiger charge is -2.24. The van der Waals surface area contributed by atoms with Gasteiger partial charge >= 0.3 is 0 Å². The first-order chi connectivity index (χ1) is 9.57. The third-order valence-electron chi connectivity index (χ3n) is 3.45. The number of furan rings is 1. The van der Waals surface area contributed by atoms with Crippen LogP contribution in [0.3, 0.4) is 0 Å². The van der Waals surface area contributed by atoms with Crippen molar-refractivity contribution in [1.29, 1.82) is 0 Å². The fourth-order valence-corrected chi connectivity index (χ4v) is 2.50. The minimum absolute atomic E-state index is 0.0274. The van der Waals surface area contributed by atoms with Gasteiger partial charge in [0.05, 0.1) is 12.0 Å². The van der Waals surface area contributed by atoms with Crippen molar-refractivity contribution in [2.24, 2.45) is 0 Å². The SMILES string of the molecule is CC(C)(C)n1cccc1-c1occc1-c1ccccc1. The van der Waals surface area contributed by atoms with Gasteiger partial charge in [0, 0.05) is 17.3 Å². The van der Waals surface area contributed by atoms with E-state index in [9.17, 15) is 0 Å². The zero-order chi connectivity index (χ0) is 14.2. The third-order valence-corrected chi connectivity index (χ3v) is 3.45. The van der Waals surface area contributed by atoms with Gasteiger partial charge in [-0.1, -0.05) is 30.3 Å². The molecule has 2 nitrogen and oxygen atoms in total. The fourth-order valence-electron chi connectivity index (χ4n) is 2.50. The van der Waals surface area contributed by atoms with Gasteiger partial charge in [0.15, 0.2) is 5.76 Å². The van der Waals surface area contributed by atoms with E-state index in [1.807, 2.05) is 12.1 Å². The summed E-state index contributed by atoms with van der Waals surface area (Å²) in [5.41, 5.74) is 3.45. The molecule has 0 aliphatic heterocycles. The molecule has 3 aromatic rings. The van der Waals surface area contributed by atoms with E-state index in [-0.39, 0.29) is 5.54 Å². The van der Waals surface area contributed by atoms with Crippen LogP contribution >= 0.6 is 0 Å². The third kappa shape index (κ3) is 2.18. The van der Waals surface area contributed by atoms with Crippen LogP contribution in [-0.2, 0) is 5.54 Å². The molecule has 0 unspecified atom stereocenters. The van der Waals surface area contributed by atoms with E-state index in [1.54, 1.807) is 6.26 Å². The summed E-state index contributed by atoms with van der Waals surface area (Å²) in [6.07, 6.45) is 3.87. The van der Waals surface area contributed by atoms with Gasteiger partial charge in [0.1, 0.15) is 0 Å². The first-order valence-electron chi connectivity index (χ1n) is 6.88. The molecule has 1 aromatic carbocycles. The topological polar surface area (TPSA) is 18.1 Å². The molecule has 0 saturated heterocycles. The lowest BCUT2D eigenvalue weighted by atomic mass is 10.0. The van der Waals surface area contributed by atoms with E-state index in [0.717, 1.165) is 17.0 Å². The van der Waals surface area contributed by atoms with Crippen molar-refractivity contribution >= 4 is 0 Å². The van der Waals surface area contributed by atoms with Crippen LogP contribution in [0.4, 0.5) is 0 Å². The molecule has 0 spiro atoms. The summed E-state index contributed by atoms with van der Waals surface area (Å²) < 4.78 is 8.03. The highest BCUT2D eigenvalue weighted by Gasteiger charge is 2.20. The normalized spacial score (nSPS) is 11.8. The maximum atomic E-state index is 5.78. The van der Waals surface area contributed by atoms with Gasteiger partial charge in [-0.3, -0.25) is 0 Å². The highest BCUT2D eigenvalue weighted by Crippen LogP contribution is 2.35. The first-order valence-corrected chi connectivity index (χ1v) is 6.88. The van der Waals surface area contributed by atoms with Gasteiger partial charge in [0.25, 0.3) is 0 Å². The van der Waals surface area contributed by atoms with Crippen LogP contribution in [0.2, 0.25) is 0 Å². The fraction of sp³-hybridized carbons (Fsp3) is 0.222. The number of rotatable bonds is 2. The van der Waals surface area contributed by atoms with Gasteiger partial charge in [-0.15, -0.1) is 0 Å². The summed E-state index contributed by atoms with van der Waals surface area (Å²) in [5.74, 6) is 0.927. The van der Waals surface area contributed by atoms with Crippen LogP contribution in [-0.4, -0.2) is 4.57 Å². The summed E-state index contributed by atoms with van der Waals surface area (Å²) in [5, 5.41) is 0. The first kappa shape index (κ1) is 12.8. The van der Waals surface area contributed by atoms with Crippen molar-refractivity contribution in [2.75, 3.05) is 0 Å². The Morgan fingerprint density at radius 3 is 2.35 bits per heavy atom. The summed E-state index contributed by atoms with van der Waals surface area (Å²) in [6.45, 7) is 6.59. The lowest BCUT2D eigenvalue weighted by molar-refractivity contribution is 0.398. The smallest absolute Gasteiger partial charge is 0.158 e. The molecule has 0 N–H and O–H groups in total. The van der Waals surface area contributed by atoms with Crippen LogP contribution in [0.15, 0.2) is 65.4 Å². The van der Waals surface area contributed by atoms with Crippen LogP contribution in [0.25, 0.3) is 22.6 Å². The molecule has 2 heteroatoms. The van der Waals surface area contributed by atoms with Crippen LogP contribution in [0.5, 0.6) is 0 Å². The Hall–Kier alpha value is -2.22. The largest absolute Gasteiger partial charge is 0.462 e. The minimum atomic E-state index is 0.0274. The average molecular weight is 265 g/mol. The molecule has 2 aromatic heterocycles. The summed E-state index contributed by atoms with van der Waals surface area (Å²) in [4.78, 5) is 0. The Labute approximate surface area is 119 Å². The predicted molar refractivity (Wildman–Crippen MR) is 82.6 cm³/mol. The zero-order valence-electron chi connectivity index (χ0n) is 12.1. The molecule has 0 aliphatic rings. The lowest BCUT2D eigenvalue weighted by Crippen LogP contribution is -2.21. The van der Waals surface area contributed by atoms with Crippen LogP contribution < -0.4 is 0 Å². The number of hydrogen-bond acceptors (Lipinski definition) is 1. The molecule has 3 rings (SSSR count). The van der Waals surface area contributed by atoms with Crippen molar-refractivity contribution in [3.05, 3.63) is 61.0 Å². The molecule has 102 valence electrons. The van der Waals surface area contributed by atoms with Crippen molar-refractivity contribution in [3.8, 4) is 22.6 Å². The maximum absolute atomic E-state index is 5.78. The van der Waals surface area contributed by atoms with Crippen molar-refractivity contribution in [2.45, 2.75) is 26.3 Å². The molecular weight excluding hydrogens is 246 g/mol. The van der Waals surface area contributed by atoms with Crippen LogP contribution in [0.1, 0.15) is 20.8 Å². The van der Waals surface area contributed by atoms with Crippen LogP contribution in [0, 0.1) is 0 Å².